The molecule has 5 N–H and O–H groups in total. The van der Waals surface area contributed by atoms with Crippen molar-refractivity contribution in [2.75, 3.05) is 18.8 Å². The van der Waals surface area contributed by atoms with Gasteiger partial charge in [0.1, 0.15) is 10.8 Å². The third-order valence-electron chi connectivity index (χ3n) is 6.47. The molecule has 0 spiro atoms. The third kappa shape index (κ3) is 4.48. The van der Waals surface area contributed by atoms with Crippen molar-refractivity contribution in [3.05, 3.63) is 53.7 Å². The van der Waals surface area contributed by atoms with E-state index in [9.17, 15) is 4.79 Å². The van der Waals surface area contributed by atoms with Crippen LogP contribution in [0.2, 0.25) is 0 Å². The summed E-state index contributed by atoms with van der Waals surface area (Å²) >= 11 is 1.65. The van der Waals surface area contributed by atoms with Crippen LogP contribution in [0.15, 0.2) is 42.6 Å². The van der Waals surface area contributed by atoms with Crippen molar-refractivity contribution < 1.29 is 9.53 Å². The van der Waals surface area contributed by atoms with Gasteiger partial charge in [-0.05, 0) is 68.0 Å². The number of amides is 2. The first-order valence-electron chi connectivity index (χ1n) is 11.8. The van der Waals surface area contributed by atoms with E-state index in [-0.39, 0.29) is 24.2 Å². The predicted molar refractivity (Wildman–Crippen MR) is 137 cm³/mol. The number of aromatic nitrogens is 1. The number of fused-ring (bicyclic) bond motifs is 1. The Kier molecular flexibility index (Phi) is 6.18. The van der Waals surface area contributed by atoms with Crippen LogP contribution in [0.25, 0.3) is 21.0 Å². The van der Waals surface area contributed by atoms with Gasteiger partial charge in [0.05, 0.1) is 22.7 Å². The fourth-order valence-electron chi connectivity index (χ4n) is 4.82. The second-order valence-corrected chi connectivity index (χ2v) is 10.4. The number of urea groups is 1. The van der Waals surface area contributed by atoms with Gasteiger partial charge in [0.2, 0.25) is 0 Å². The van der Waals surface area contributed by atoms with E-state index in [2.05, 4.69) is 28.5 Å². The van der Waals surface area contributed by atoms with Crippen LogP contribution in [0, 0.1) is 0 Å². The number of hydrogen-bond donors (Lipinski definition) is 3. The van der Waals surface area contributed by atoms with Crippen LogP contribution < -0.4 is 21.5 Å². The van der Waals surface area contributed by atoms with Gasteiger partial charge in [-0.25, -0.2) is 9.78 Å². The minimum absolute atomic E-state index is 0.0150. The lowest BCUT2D eigenvalue weighted by Gasteiger charge is -2.21. The summed E-state index contributed by atoms with van der Waals surface area (Å²) in [6.07, 6.45) is 4.70. The number of benzene rings is 2. The number of anilines is 1. The van der Waals surface area contributed by atoms with Crippen molar-refractivity contribution >= 4 is 23.1 Å². The smallest absolute Gasteiger partial charge is 0.317 e. The van der Waals surface area contributed by atoms with E-state index in [0.717, 1.165) is 41.3 Å². The van der Waals surface area contributed by atoms with Gasteiger partial charge in [0, 0.05) is 30.9 Å². The topological polar surface area (TPSA) is 106 Å². The molecule has 2 aromatic carbocycles. The molecule has 0 bridgehead atoms. The fourth-order valence-corrected chi connectivity index (χ4v) is 5.79. The number of rotatable bonds is 5. The van der Waals surface area contributed by atoms with E-state index < -0.39 is 0 Å². The maximum absolute atomic E-state index is 12.7. The molecule has 5 rings (SSSR count). The summed E-state index contributed by atoms with van der Waals surface area (Å²) in [5.41, 5.74) is 17.5. The van der Waals surface area contributed by atoms with E-state index >= 15 is 0 Å². The summed E-state index contributed by atoms with van der Waals surface area (Å²) in [5, 5.41) is 4.15. The average molecular weight is 478 g/mol. The number of nitrogen functional groups attached to an aromatic ring is 1. The molecule has 2 aliphatic rings. The molecule has 178 valence electrons. The van der Waals surface area contributed by atoms with Gasteiger partial charge in [0.15, 0.2) is 0 Å². The number of hydrogen-bond acceptors (Lipinski definition) is 6. The summed E-state index contributed by atoms with van der Waals surface area (Å²) in [7, 11) is 0. The fraction of sp³-hybridized carbons (Fsp3) is 0.385. The maximum Gasteiger partial charge on any atom is 0.317 e. The number of nitrogens with one attached hydrogen (secondary N) is 1. The molecule has 0 unspecified atom stereocenters. The second-order valence-electron chi connectivity index (χ2n) is 9.36. The van der Waals surface area contributed by atoms with Gasteiger partial charge < -0.3 is 26.4 Å². The highest BCUT2D eigenvalue weighted by molar-refractivity contribution is 7.18. The molecule has 1 saturated heterocycles. The van der Waals surface area contributed by atoms with Crippen molar-refractivity contribution in [3.63, 3.8) is 0 Å². The molecule has 1 aliphatic carbocycles. The van der Waals surface area contributed by atoms with Gasteiger partial charge in [-0.15, -0.1) is 11.3 Å². The van der Waals surface area contributed by atoms with Crippen molar-refractivity contribution in [3.8, 4) is 26.8 Å². The van der Waals surface area contributed by atoms with Crippen LogP contribution >= 0.6 is 11.3 Å². The second kappa shape index (κ2) is 9.27. The zero-order valence-corrected chi connectivity index (χ0v) is 20.4. The zero-order valence-electron chi connectivity index (χ0n) is 19.6. The standard InChI is InChI=1S/C26H31N5O2S/c1-15(2)33-23-9-6-16(12-21(23)28)25-29-13-24(34-25)20-5-3-4-19-18(20)7-8-22(19)30-26(32)31-11-10-17(27)14-31/h3-6,9,12-13,15,17,22H,7-8,10-11,14,27-28H2,1-2H3,(H,30,32)/t17-,22+/m1/s1. The Morgan fingerprint density at radius 1 is 1.26 bits per heavy atom. The highest BCUT2D eigenvalue weighted by Gasteiger charge is 2.30. The number of carbonyl (C=O) groups is 1. The molecule has 0 radical (unpaired) electrons. The highest BCUT2D eigenvalue weighted by Crippen LogP contribution is 2.41. The van der Waals surface area contributed by atoms with Crippen LogP contribution in [0.1, 0.15) is 43.9 Å². The van der Waals surface area contributed by atoms with Crippen LogP contribution in [0.3, 0.4) is 0 Å². The molecule has 3 aromatic rings. The number of thiazole rings is 1. The number of nitrogens with two attached hydrogens (primary N) is 2. The van der Waals surface area contributed by atoms with E-state index in [1.54, 1.807) is 11.3 Å². The molecule has 8 heteroatoms. The number of likely N-dealkylation sites (tertiary alicyclic amines) is 1. The van der Waals surface area contributed by atoms with E-state index in [4.69, 9.17) is 16.2 Å². The lowest BCUT2D eigenvalue weighted by Crippen LogP contribution is -2.41. The molecule has 1 aromatic heterocycles. The minimum Gasteiger partial charge on any atom is -0.489 e. The summed E-state index contributed by atoms with van der Waals surface area (Å²) in [5.74, 6) is 0.695. The van der Waals surface area contributed by atoms with Crippen molar-refractivity contribution in [2.45, 2.75) is 51.3 Å². The first-order chi connectivity index (χ1) is 16.4. The lowest BCUT2D eigenvalue weighted by molar-refractivity contribution is 0.204. The molecule has 0 saturated carbocycles. The lowest BCUT2D eigenvalue weighted by atomic mass is 10.0. The summed E-state index contributed by atoms with van der Waals surface area (Å²) < 4.78 is 5.75. The van der Waals surface area contributed by atoms with E-state index in [0.29, 0.717) is 18.0 Å². The molecule has 2 heterocycles. The Bertz CT molecular complexity index is 1210. The first-order valence-corrected chi connectivity index (χ1v) is 12.7. The molecule has 7 nitrogen and oxygen atoms in total. The number of nitrogens with zero attached hydrogens (tertiary/aromatic N) is 2. The van der Waals surface area contributed by atoms with Gasteiger partial charge in [-0.1, -0.05) is 18.2 Å². The molecular formula is C26H31N5O2S. The van der Waals surface area contributed by atoms with Crippen LogP contribution in [0.4, 0.5) is 10.5 Å². The van der Waals surface area contributed by atoms with Gasteiger partial charge in [0.25, 0.3) is 0 Å². The molecule has 2 amide bonds. The molecule has 34 heavy (non-hydrogen) atoms. The predicted octanol–water partition coefficient (Wildman–Crippen LogP) is 4.58. The molecule has 1 aliphatic heterocycles. The van der Waals surface area contributed by atoms with Crippen molar-refractivity contribution in [2.24, 2.45) is 5.73 Å². The normalized spacial score (nSPS) is 19.5. The molecular weight excluding hydrogens is 446 g/mol. The molecule has 1 fully saturated rings. The monoisotopic (exact) mass is 477 g/mol. The van der Waals surface area contributed by atoms with Crippen molar-refractivity contribution in [1.29, 1.82) is 0 Å². The Morgan fingerprint density at radius 2 is 2.12 bits per heavy atom. The average Bonchev–Trinajstić information content (AvgIpc) is 3.55. The largest absolute Gasteiger partial charge is 0.489 e. The SMILES string of the molecule is CC(C)Oc1ccc(-c2ncc(-c3cccc4c3CC[C@@H]4NC(=O)N3CC[C@@H](N)C3)s2)cc1N. The Morgan fingerprint density at radius 3 is 2.85 bits per heavy atom. The molecule has 2 atom stereocenters. The Labute approximate surface area is 204 Å². The van der Waals surface area contributed by atoms with E-state index in [1.165, 1.54) is 16.7 Å². The number of carbonyl (C=O) groups excluding carboxylic acids is 1. The number of ether oxygens (including phenoxy) is 1. The van der Waals surface area contributed by atoms with Gasteiger partial charge in [-0.2, -0.15) is 0 Å². The minimum atomic E-state index is -0.0150. The van der Waals surface area contributed by atoms with Gasteiger partial charge in [-0.3, -0.25) is 0 Å². The quantitative estimate of drug-likeness (QED) is 0.467. The summed E-state index contributed by atoms with van der Waals surface area (Å²) in [6.45, 7) is 5.32. The third-order valence-corrected chi connectivity index (χ3v) is 7.55. The highest BCUT2D eigenvalue weighted by atomic mass is 32.1. The van der Waals surface area contributed by atoms with Crippen molar-refractivity contribution in [1.82, 2.24) is 15.2 Å². The summed E-state index contributed by atoms with van der Waals surface area (Å²) in [4.78, 5) is 20.3. The Balaban J connectivity index is 1.35. The van der Waals surface area contributed by atoms with Crippen LogP contribution in [-0.2, 0) is 6.42 Å². The first kappa shape index (κ1) is 22.7. The zero-order chi connectivity index (χ0) is 23.8. The van der Waals surface area contributed by atoms with Crippen LogP contribution in [0.5, 0.6) is 5.75 Å². The van der Waals surface area contributed by atoms with Crippen LogP contribution in [-0.4, -0.2) is 41.2 Å². The maximum atomic E-state index is 12.7. The van der Waals surface area contributed by atoms with Gasteiger partial charge >= 0.3 is 6.03 Å². The Hall–Kier alpha value is -3.10. The van der Waals surface area contributed by atoms with E-state index in [1.807, 2.05) is 43.1 Å². The summed E-state index contributed by atoms with van der Waals surface area (Å²) in [6, 6.07) is 12.3.